The summed E-state index contributed by atoms with van der Waals surface area (Å²) in [6, 6.07) is 0. The Labute approximate surface area is 81.1 Å². The lowest BCUT2D eigenvalue weighted by Crippen LogP contribution is -2.64. The van der Waals surface area contributed by atoms with Crippen LogP contribution in [-0.4, -0.2) is 5.54 Å². The van der Waals surface area contributed by atoms with Crippen LogP contribution in [-0.2, 0) is 0 Å². The molecule has 0 spiro atoms. The summed E-state index contributed by atoms with van der Waals surface area (Å²) < 4.78 is 0. The number of nitrogens with two attached hydrogens (primary N) is 1. The van der Waals surface area contributed by atoms with Crippen LogP contribution in [0.25, 0.3) is 0 Å². The number of hydrogen-bond donors (Lipinski definition) is 1. The molecule has 13 heavy (non-hydrogen) atoms. The first kappa shape index (κ1) is 8.28. The molecule has 5 atom stereocenters. The minimum Gasteiger partial charge on any atom is -0.325 e. The molecule has 5 unspecified atom stereocenters. The van der Waals surface area contributed by atoms with Gasteiger partial charge in [-0.05, 0) is 55.3 Å². The van der Waals surface area contributed by atoms with E-state index in [1.54, 1.807) is 0 Å². The first-order valence-electron chi connectivity index (χ1n) is 5.80. The third-order valence-electron chi connectivity index (χ3n) is 5.21. The van der Waals surface area contributed by atoms with Gasteiger partial charge in [0.15, 0.2) is 0 Å². The molecule has 4 aliphatic rings. The molecule has 74 valence electrons. The fraction of sp³-hybridized carbons (Fsp3) is 1.00. The van der Waals surface area contributed by atoms with Crippen LogP contribution in [0.4, 0.5) is 0 Å². The Hall–Kier alpha value is -0.0400. The molecule has 4 saturated carbocycles. The molecule has 0 aliphatic heterocycles. The van der Waals surface area contributed by atoms with Gasteiger partial charge >= 0.3 is 0 Å². The molecule has 0 aromatic heterocycles. The van der Waals surface area contributed by atoms with Crippen molar-refractivity contribution in [2.24, 2.45) is 28.9 Å². The number of hydrogen-bond acceptors (Lipinski definition) is 1. The van der Waals surface area contributed by atoms with Crippen LogP contribution < -0.4 is 5.73 Å². The fourth-order valence-electron chi connectivity index (χ4n) is 4.91. The van der Waals surface area contributed by atoms with E-state index < -0.39 is 0 Å². The molecular formula is C12H21N. The molecule has 0 radical (unpaired) electrons. The lowest BCUT2D eigenvalue weighted by molar-refractivity contribution is -0.0951. The first-order chi connectivity index (χ1) is 6.01. The molecule has 4 rings (SSSR count). The monoisotopic (exact) mass is 179 g/mol. The molecular weight excluding hydrogens is 158 g/mol. The molecule has 1 nitrogen and oxygen atoms in total. The summed E-state index contributed by atoms with van der Waals surface area (Å²) in [5.74, 6) is 2.71. The minimum absolute atomic E-state index is 0.221. The second-order valence-corrected chi connectivity index (χ2v) is 6.48. The zero-order valence-corrected chi connectivity index (χ0v) is 8.84. The Morgan fingerprint density at radius 2 is 2.00 bits per heavy atom. The Morgan fingerprint density at radius 1 is 1.23 bits per heavy atom. The van der Waals surface area contributed by atoms with Crippen molar-refractivity contribution in [2.75, 3.05) is 0 Å². The molecule has 0 aromatic rings. The SMILES string of the molecule is CC1C2CC3CC(C)(C2)CC1(N)C3. The van der Waals surface area contributed by atoms with Gasteiger partial charge in [-0.25, -0.2) is 0 Å². The Balaban J connectivity index is 2.01. The van der Waals surface area contributed by atoms with Gasteiger partial charge < -0.3 is 5.73 Å². The second kappa shape index (κ2) is 2.13. The molecule has 0 aromatic carbocycles. The summed E-state index contributed by atoms with van der Waals surface area (Å²) >= 11 is 0. The van der Waals surface area contributed by atoms with Crippen LogP contribution in [0.2, 0.25) is 0 Å². The van der Waals surface area contributed by atoms with Gasteiger partial charge in [0.25, 0.3) is 0 Å². The average Bonchev–Trinajstić information content (AvgIpc) is 1.96. The largest absolute Gasteiger partial charge is 0.325 e. The van der Waals surface area contributed by atoms with Crippen molar-refractivity contribution in [1.29, 1.82) is 0 Å². The molecule has 4 fully saturated rings. The van der Waals surface area contributed by atoms with E-state index >= 15 is 0 Å². The second-order valence-electron chi connectivity index (χ2n) is 6.48. The standard InChI is InChI=1S/C12H21N/c1-8-10-3-9-4-11(2,6-10)7-12(8,13)5-9/h8-10H,3-7,13H2,1-2H3. The van der Waals surface area contributed by atoms with Crippen LogP contribution in [0, 0.1) is 23.2 Å². The molecule has 4 bridgehead atoms. The van der Waals surface area contributed by atoms with Crippen molar-refractivity contribution in [3.8, 4) is 0 Å². The molecule has 1 heteroatoms. The van der Waals surface area contributed by atoms with Gasteiger partial charge in [-0.15, -0.1) is 0 Å². The quantitative estimate of drug-likeness (QED) is 0.607. The summed E-state index contributed by atoms with van der Waals surface area (Å²) in [5, 5.41) is 0. The van der Waals surface area contributed by atoms with E-state index in [0.29, 0.717) is 5.41 Å². The van der Waals surface area contributed by atoms with Crippen LogP contribution in [0.3, 0.4) is 0 Å². The van der Waals surface area contributed by atoms with Crippen molar-refractivity contribution in [3.63, 3.8) is 0 Å². The van der Waals surface area contributed by atoms with Gasteiger partial charge in [0.1, 0.15) is 0 Å². The van der Waals surface area contributed by atoms with Crippen LogP contribution in [0.15, 0.2) is 0 Å². The van der Waals surface area contributed by atoms with Gasteiger partial charge in [0, 0.05) is 5.54 Å². The summed E-state index contributed by atoms with van der Waals surface area (Å²) in [6.45, 7) is 4.87. The average molecular weight is 179 g/mol. The maximum absolute atomic E-state index is 6.55. The van der Waals surface area contributed by atoms with E-state index in [0.717, 1.165) is 17.8 Å². The lowest BCUT2D eigenvalue weighted by Gasteiger charge is -2.63. The highest BCUT2D eigenvalue weighted by atomic mass is 14.8. The maximum Gasteiger partial charge on any atom is 0.0190 e. The molecule has 2 N–H and O–H groups in total. The van der Waals surface area contributed by atoms with Crippen LogP contribution >= 0.6 is 0 Å². The minimum atomic E-state index is 0.221. The summed E-state index contributed by atoms with van der Waals surface area (Å²) in [5.41, 5.74) is 7.39. The van der Waals surface area contributed by atoms with Crippen molar-refractivity contribution in [2.45, 2.75) is 51.5 Å². The molecule has 0 heterocycles. The number of rotatable bonds is 0. The maximum atomic E-state index is 6.55. The highest BCUT2D eigenvalue weighted by molar-refractivity contribution is 5.11. The molecule has 0 saturated heterocycles. The lowest BCUT2D eigenvalue weighted by atomic mass is 9.44. The normalized spacial score (nSPS) is 64.4. The van der Waals surface area contributed by atoms with Crippen molar-refractivity contribution in [1.82, 2.24) is 0 Å². The Morgan fingerprint density at radius 3 is 2.62 bits per heavy atom. The van der Waals surface area contributed by atoms with Gasteiger partial charge in [-0.1, -0.05) is 13.8 Å². The summed E-state index contributed by atoms with van der Waals surface area (Å²) in [7, 11) is 0. The molecule has 0 amide bonds. The Bertz CT molecular complexity index is 250. The topological polar surface area (TPSA) is 26.0 Å². The molecule has 4 aliphatic carbocycles. The van der Waals surface area contributed by atoms with E-state index in [9.17, 15) is 0 Å². The van der Waals surface area contributed by atoms with Gasteiger partial charge in [-0.3, -0.25) is 0 Å². The van der Waals surface area contributed by atoms with Gasteiger partial charge in [0.05, 0.1) is 0 Å². The predicted octanol–water partition coefficient (Wildman–Crippen LogP) is 2.55. The fourth-order valence-corrected chi connectivity index (χ4v) is 4.91. The highest BCUT2D eigenvalue weighted by Gasteiger charge is 2.57. The van der Waals surface area contributed by atoms with Crippen molar-refractivity contribution >= 4 is 0 Å². The van der Waals surface area contributed by atoms with Crippen LogP contribution in [0.1, 0.15) is 46.0 Å². The smallest absolute Gasteiger partial charge is 0.0190 e. The van der Waals surface area contributed by atoms with Crippen LogP contribution in [0.5, 0.6) is 0 Å². The van der Waals surface area contributed by atoms with Gasteiger partial charge in [0.2, 0.25) is 0 Å². The van der Waals surface area contributed by atoms with E-state index in [1.165, 1.54) is 32.1 Å². The Kier molecular flexibility index (Phi) is 1.36. The third-order valence-corrected chi connectivity index (χ3v) is 5.21. The highest BCUT2D eigenvalue weighted by Crippen LogP contribution is 2.62. The predicted molar refractivity (Wildman–Crippen MR) is 54.3 cm³/mol. The van der Waals surface area contributed by atoms with Crippen molar-refractivity contribution in [3.05, 3.63) is 0 Å². The summed E-state index contributed by atoms with van der Waals surface area (Å²) in [4.78, 5) is 0. The summed E-state index contributed by atoms with van der Waals surface area (Å²) in [6.07, 6.45) is 7.03. The zero-order valence-electron chi connectivity index (χ0n) is 8.84. The zero-order chi connectivity index (χ0) is 9.27. The van der Waals surface area contributed by atoms with E-state index in [4.69, 9.17) is 5.73 Å². The third kappa shape index (κ3) is 0.971. The van der Waals surface area contributed by atoms with Crippen molar-refractivity contribution < 1.29 is 0 Å². The van der Waals surface area contributed by atoms with Gasteiger partial charge in [-0.2, -0.15) is 0 Å². The van der Waals surface area contributed by atoms with E-state index in [-0.39, 0.29) is 5.54 Å². The van der Waals surface area contributed by atoms with E-state index in [2.05, 4.69) is 13.8 Å². The first-order valence-corrected chi connectivity index (χ1v) is 5.80. The van der Waals surface area contributed by atoms with E-state index in [1.807, 2.05) is 0 Å².